The first-order valence-corrected chi connectivity index (χ1v) is 8.82. The van der Waals surface area contributed by atoms with Gasteiger partial charge in [-0.25, -0.2) is 13.2 Å². The molecule has 124 valence electrons. The number of fused-ring (bicyclic) bond motifs is 2. The van der Waals surface area contributed by atoms with Crippen LogP contribution < -0.4 is 10.5 Å². The number of para-hydroxylation sites is 1. The molecule has 0 saturated carbocycles. The van der Waals surface area contributed by atoms with Crippen LogP contribution in [-0.2, 0) is 16.6 Å². The zero-order valence-corrected chi connectivity index (χ0v) is 13.4. The Bertz CT molecular complexity index is 1070. The summed E-state index contributed by atoms with van der Waals surface area (Å²) in [6.45, 7) is 0.748. The summed E-state index contributed by atoms with van der Waals surface area (Å²) in [5, 5.41) is 0. The van der Waals surface area contributed by atoms with Crippen molar-refractivity contribution in [2.75, 3.05) is 13.2 Å². The summed E-state index contributed by atoms with van der Waals surface area (Å²) in [4.78, 5) is 13.8. The fourth-order valence-corrected chi connectivity index (χ4v) is 4.16. The van der Waals surface area contributed by atoms with Gasteiger partial charge in [-0.15, -0.1) is 0 Å². The van der Waals surface area contributed by atoms with Crippen molar-refractivity contribution in [1.29, 1.82) is 0 Å². The summed E-state index contributed by atoms with van der Waals surface area (Å²) in [5.74, 6) is 0.0823. The Labute approximate surface area is 137 Å². The van der Waals surface area contributed by atoms with E-state index < -0.39 is 15.8 Å². The Hall–Kier alpha value is -2.58. The number of nitrogens with one attached hydrogen (secondary N) is 1. The largest absolute Gasteiger partial charge is 0.492 e. The van der Waals surface area contributed by atoms with Crippen LogP contribution >= 0.6 is 0 Å². The van der Waals surface area contributed by atoms with Gasteiger partial charge in [-0.3, -0.25) is 4.98 Å². The van der Waals surface area contributed by atoms with Crippen LogP contribution in [0.5, 0.6) is 5.75 Å². The summed E-state index contributed by atoms with van der Waals surface area (Å²) in [7, 11) is -3.73. The number of hydrogen-bond acceptors (Lipinski definition) is 5. The number of oxazole rings is 1. The van der Waals surface area contributed by atoms with Gasteiger partial charge >= 0.3 is 5.76 Å². The molecule has 24 heavy (non-hydrogen) atoms. The Balaban J connectivity index is 1.74. The third-order valence-electron chi connectivity index (χ3n) is 3.95. The van der Waals surface area contributed by atoms with E-state index in [9.17, 15) is 13.2 Å². The first kappa shape index (κ1) is 15.0. The lowest BCUT2D eigenvalue weighted by Gasteiger charge is -2.19. The summed E-state index contributed by atoms with van der Waals surface area (Å²) in [6, 6.07) is 11.7. The number of rotatable bonds is 2. The average Bonchev–Trinajstić information content (AvgIpc) is 2.79. The third kappa shape index (κ3) is 2.49. The molecule has 4 rings (SSSR count). The minimum absolute atomic E-state index is 0.0807. The Morgan fingerprint density at radius 3 is 2.83 bits per heavy atom. The van der Waals surface area contributed by atoms with Crippen molar-refractivity contribution in [3.8, 4) is 5.75 Å². The fourth-order valence-electron chi connectivity index (χ4n) is 2.74. The van der Waals surface area contributed by atoms with Gasteiger partial charge in [-0.2, -0.15) is 4.31 Å². The highest BCUT2D eigenvalue weighted by molar-refractivity contribution is 7.89. The van der Waals surface area contributed by atoms with Crippen molar-refractivity contribution in [2.45, 2.75) is 11.4 Å². The van der Waals surface area contributed by atoms with Crippen LogP contribution in [0.1, 0.15) is 5.56 Å². The maximum absolute atomic E-state index is 12.9. The highest BCUT2D eigenvalue weighted by Crippen LogP contribution is 2.27. The smallest absolute Gasteiger partial charge is 0.417 e. The number of H-pyrrole nitrogens is 1. The summed E-state index contributed by atoms with van der Waals surface area (Å²) >= 11 is 0. The van der Waals surface area contributed by atoms with Crippen LogP contribution in [0.15, 0.2) is 56.6 Å². The topological polar surface area (TPSA) is 92.6 Å². The normalized spacial score (nSPS) is 15.7. The van der Waals surface area contributed by atoms with E-state index in [4.69, 9.17) is 9.15 Å². The van der Waals surface area contributed by atoms with Crippen LogP contribution in [0.4, 0.5) is 0 Å². The van der Waals surface area contributed by atoms with E-state index in [0.717, 1.165) is 5.56 Å². The predicted molar refractivity (Wildman–Crippen MR) is 86.4 cm³/mol. The van der Waals surface area contributed by atoms with Gasteiger partial charge in [0.15, 0.2) is 5.58 Å². The Morgan fingerprint density at radius 1 is 1.12 bits per heavy atom. The van der Waals surface area contributed by atoms with Gasteiger partial charge in [0.1, 0.15) is 12.4 Å². The molecule has 0 spiro atoms. The second-order valence-corrected chi connectivity index (χ2v) is 7.41. The zero-order valence-electron chi connectivity index (χ0n) is 12.6. The average molecular weight is 346 g/mol. The van der Waals surface area contributed by atoms with E-state index >= 15 is 0 Å². The fraction of sp³-hybridized carbons (Fsp3) is 0.188. The highest BCUT2D eigenvalue weighted by atomic mass is 32.2. The van der Waals surface area contributed by atoms with Gasteiger partial charge in [-0.1, -0.05) is 18.2 Å². The molecule has 0 amide bonds. The van der Waals surface area contributed by atoms with E-state index in [1.165, 1.54) is 22.5 Å². The number of aromatic nitrogens is 1. The number of aromatic amines is 1. The standard InChI is InChI=1S/C16H14N2O5S/c19-16-17-13-6-5-12(9-15(13)23-16)24(20,21)18-7-8-22-14-4-2-1-3-11(14)10-18/h1-6,9H,7-8,10H2,(H,17,19). The van der Waals surface area contributed by atoms with Crippen LogP contribution in [0.2, 0.25) is 0 Å². The van der Waals surface area contributed by atoms with Crippen LogP contribution in [-0.4, -0.2) is 30.9 Å². The maximum Gasteiger partial charge on any atom is 0.417 e. The van der Waals surface area contributed by atoms with Gasteiger partial charge in [0, 0.05) is 24.7 Å². The SMILES string of the molecule is O=c1[nH]c2ccc(S(=O)(=O)N3CCOc4ccccc4C3)cc2o1. The van der Waals surface area contributed by atoms with Crippen LogP contribution in [0.3, 0.4) is 0 Å². The first-order chi connectivity index (χ1) is 11.5. The molecule has 1 aliphatic rings. The molecule has 0 atom stereocenters. The number of hydrogen-bond donors (Lipinski definition) is 1. The van der Waals surface area contributed by atoms with Crippen molar-refractivity contribution in [1.82, 2.24) is 9.29 Å². The minimum Gasteiger partial charge on any atom is -0.492 e. The molecule has 3 aromatic rings. The van der Waals surface area contributed by atoms with Gasteiger partial charge < -0.3 is 9.15 Å². The van der Waals surface area contributed by atoms with Gasteiger partial charge in [0.25, 0.3) is 0 Å². The number of sulfonamides is 1. The van der Waals surface area contributed by atoms with Gasteiger partial charge in [-0.05, 0) is 18.2 Å². The summed E-state index contributed by atoms with van der Waals surface area (Å²) < 4.78 is 37.8. The van der Waals surface area contributed by atoms with Crippen LogP contribution in [0, 0.1) is 0 Å². The molecule has 0 fully saturated rings. The zero-order chi connectivity index (χ0) is 16.7. The van der Waals surface area contributed by atoms with E-state index in [0.29, 0.717) is 11.3 Å². The minimum atomic E-state index is -3.73. The molecule has 0 saturated heterocycles. The summed E-state index contributed by atoms with van der Waals surface area (Å²) in [6.07, 6.45) is 0. The van der Waals surface area contributed by atoms with Gasteiger partial charge in [0.2, 0.25) is 10.0 Å². The maximum atomic E-state index is 12.9. The van der Waals surface area contributed by atoms with Crippen molar-refractivity contribution in [2.24, 2.45) is 0 Å². The van der Waals surface area contributed by atoms with E-state index in [1.54, 1.807) is 0 Å². The molecule has 0 aliphatic carbocycles. The van der Waals surface area contributed by atoms with E-state index in [1.807, 2.05) is 24.3 Å². The molecular weight excluding hydrogens is 332 g/mol. The van der Waals surface area contributed by atoms with Crippen molar-refractivity contribution < 1.29 is 17.6 Å². The molecule has 2 aromatic carbocycles. The van der Waals surface area contributed by atoms with Crippen molar-refractivity contribution >= 4 is 21.1 Å². The van der Waals surface area contributed by atoms with Crippen molar-refractivity contribution in [3.63, 3.8) is 0 Å². The Kier molecular flexibility index (Phi) is 3.43. The molecule has 7 nitrogen and oxygen atoms in total. The monoisotopic (exact) mass is 346 g/mol. The molecule has 1 aromatic heterocycles. The highest BCUT2D eigenvalue weighted by Gasteiger charge is 2.28. The number of ether oxygens (including phenoxy) is 1. The van der Waals surface area contributed by atoms with Gasteiger partial charge in [0.05, 0.1) is 10.4 Å². The molecule has 8 heteroatoms. The van der Waals surface area contributed by atoms with Crippen molar-refractivity contribution in [3.05, 3.63) is 58.6 Å². The third-order valence-corrected chi connectivity index (χ3v) is 5.79. The predicted octanol–water partition coefficient (Wildman–Crippen LogP) is 1.70. The molecule has 0 unspecified atom stereocenters. The lowest BCUT2D eigenvalue weighted by Crippen LogP contribution is -2.32. The van der Waals surface area contributed by atoms with Crippen LogP contribution in [0.25, 0.3) is 11.1 Å². The summed E-state index contributed by atoms with van der Waals surface area (Å²) in [5.41, 5.74) is 1.49. The second kappa shape index (κ2) is 5.50. The lowest BCUT2D eigenvalue weighted by atomic mass is 10.2. The second-order valence-electron chi connectivity index (χ2n) is 5.47. The molecular formula is C16H14N2O5S. The number of benzene rings is 2. The number of nitrogens with zero attached hydrogens (tertiary/aromatic N) is 1. The molecule has 1 N–H and O–H groups in total. The molecule has 0 bridgehead atoms. The Morgan fingerprint density at radius 2 is 1.96 bits per heavy atom. The lowest BCUT2D eigenvalue weighted by molar-refractivity contribution is 0.293. The van der Waals surface area contributed by atoms with E-state index in [-0.39, 0.29) is 30.2 Å². The molecule has 2 heterocycles. The molecule has 0 radical (unpaired) electrons. The quantitative estimate of drug-likeness (QED) is 0.762. The first-order valence-electron chi connectivity index (χ1n) is 7.38. The van der Waals surface area contributed by atoms with E-state index in [2.05, 4.69) is 4.98 Å². The molecule has 1 aliphatic heterocycles.